The number of hydrogen-bond acceptors (Lipinski definition) is 7. The molecule has 3 atom stereocenters. The van der Waals surface area contributed by atoms with Crippen molar-refractivity contribution >= 4 is 51.0 Å². The first kappa shape index (κ1) is 21.3. The fourth-order valence-corrected chi connectivity index (χ4v) is 10.9. The van der Waals surface area contributed by atoms with Crippen LogP contribution in [0.25, 0.3) is 21.5 Å². The van der Waals surface area contributed by atoms with Crippen molar-refractivity contribution in [3.63, 3.8) is 0 Å². The summed E-state index contributed by atoms with van der Waals surface area (Å²) >= 11 is 2.86. The Kier molecular flexibility index (Phi) is 3.92. The van der Waals surface area contributed by atoms with E-state index in [1.54, 1.807) is 0 Å². The molecule has 4 aromatic carbocycles. The number of carbonyl (C=O) groups is 1. The molecule has 1 unspecified atom stereocenters. The van der Waals surface area contributed by atoms with Crippen LogP contribution in [0.15, 0.2) is 82.6 Å². The maximum absolute atomic E-state index is 13.6. The highest BCUT2D eigenvalue weighted by Crippen LogP contribution is 2.93. The molecule has 3 aliphatic rings. The lowest BCUT2D eigenvalue weighted by Crippen LogP contribution is -2.79. The van der Waals surface area contributed by atoms with Crippen molar-refractivity contribution in [3.8, 4) is 18.2 Å². The molecule has 7 rings (SSSR count). The smallest absolute Gasteiger partial charge is 0.331 e. The second kappa shape index (κ2) is 6.62. The molecule has 0 saturated heterocycles. The molecule has 0 amide bonds. The number of methoxy groups -OCH3 is 1. The van der Waals surface area contributed by atoms with Crippen LogP contribution >= 0.6 is 23.5 Å². The van der Waals surface area contributed by atoms with Crippen molar-refractivity contribution in [1.29, 1.82) is 15.8 Å². The van der Waals surface area contributed by atoms with Crippen LogP contribution in [0.2, 0.25) is 0 Å². The number of ether oxygens (including phenoxy) is 1. The van der Waals surface area contributed by atoms with Gasteiger partial charge in [-0.3, -0.25) is 4.79 Å². The van der Waals surface area contributed by atoms with Crippen LogP contribution in [-0.2, 0) is 19.0 Å². The Hall–Kier alpha value is -3.96. The molecule has 0 radical (unpaired) electrons. The number of thioether (sulfide) groups is 2. The molecule has 7 heteroatoms. The lowest BCUT2D eigenvalue weighted by atomic mass is 9.35. The lowest BCUT2D eigenvalue weighted by Gasteiger charge is -2.66. The second-order valence-electron chi connectivity index (χ2n) is 9.28. The van der Waals surface area contributed by atoms with Crippen LogP contribution < -0.4 is 0 Å². The zero-order valence-electron chi connectivity index (χ0n) is 18.9. The van der Waals surface area contributed by atoms with Gasteiger partial charge in [0.15, 0.2) is 5.41 Å². The van der Waals surface area contributed by atoms with Crippen molar-refractivity contribution in [2.75, 3.05) is 7.11 Å². The largest absolute Gasteiger partial charge is 0.468 e. The van der Waals surface area contributed by atoms with Crippen molar-refractivity contribution in [2.45, 2.75) is 19.3 Å². The number of benzene rings is 4. The van der Waals surface area contributed by atoms with Gasteiger partial charge in [0.1, 0.15) is 9.49 Å². The highest BCUT2D eigenvalue weighted by Gasteiger charge is 2.98. The third kappa shape index (κ3) is 1.85. The van der Waals surface area contributed by atoms with E-state index in [0.29, 0.717) is 0 Å². The van der Waals surface area contributed by atoms with Gasteiger partial charge in [-0.1, -0.05) is 48.5 Å². The molecule has 170 valence electrons. The van der Waals surface area contributed by atoms with Crippen LogP contribution in [0.1, 0.15) is 11.1 Å². The Morgan fingerprint density at radius 1 is 0.722 bits per heavy atom. The first-order valence-electron chi connectivity index (χ1n) is 11.3. The van der Waals surface area contributed by atoms with Gasteiger partial charge in [-0.15, -0.1) is 23.5 Å². The lowest BCUT2D eigenvalue weighted by molar-refractivity contribution is -0.171. The van der Waals surface area contributed by atoms with E-state index < -0.39 is 26.3 Å². The molecule has 1 saturated carbocycles. The zero-order chi connectivity index (χ0) is 24.9. The minimum atomic E-state index is -2.03. The average molecular weight is 502 g/mol. The van der Waals surface area contributed by atoms with Crippen molar-refractivity contribution in [2.24, 2.45) is 10.8 Å². The van der Waals surface area contributed by atoms with Gasteiger partial charge in [-0.25, -0.2) is 0 Å². The minimum Gasteiger partial charge on any atom is -0.468 e. The Bertz CT molecular complexity index is 1820. The number of hydrogen-bond donors (Lipinski definition) is 0. The van der Waals surface area contributed by atoms with Crippen LogP contribution in [0.4, 0.5) is 0 Å². The fourth-order valence-electron chi connectivity index (χ4n) is 6.68. The summed E-state index contributed by atoms with van der Waals surface area (Å²) in [6, 6.07) is 30.5. The van der Waals surface area contributed by atoms with Gasteiger partial charge in [0.05, 0.1) is 25.3 Å². The van der Waals surface area contributed by atoms with E-state index >= 15 is 0 Å². The van der Waals surface area contributed by atoms with Crippen molar-refractivity contribution < 1.29 is 9.53 Å². The molecule has 0 N–H and O–H groups in total. The van der Waals surface area contributed by atoms with E-state index in [1.165, 1.54) is 30.6 Å². The van der Waals surface area contributed by atoms with E-state index in [-0.39, 0.29) is 0 Å². The number of carbonyl (C=O) groups excluding carboxylic acids is 1. The third-order valence-corrected chi connectivity index (χ3v) is 11.6. The Morgan fingerprint density at radius 3 is 1.61 bits per heavy atom. The molecule has 0 bridgehead atoms. The van der Waals surface area contributed by atoms with Gasteiger partial charge in [-0.2, -0.15) is 15.8 Å². The number of fused-ring (bicyclic) bond motifs is 4. The summed E-state index contributed by atoms with van der Waals surface area (Å²) in [6.45, 7) is 0. The van der Waals surface area contributed by atoms with Gasteiger partial charge in [-0.05, 0) is 56.9 Å². The van der Waals surface area contributed by atoms with E-state index in [2.05, 4.69) is 18.2 Å². The molecule has 2 heterocycles. The van der Waals surface area contributed by atoms with E-state index in [9.17, 15) is 20.6 Å². The van der Waals surface area contributed by atoms with Crippen LogP contribution in [-0.4, -0.2) is 13.1 Å². The summed E-state index contributed by atoms with van der Waals surface area (Å²) in [7, 11) is 1.21. The van der Waals surface area contributed by atoms with Gasteiger partial charge < -0.3 is 4.74 Å². The molecule has 0 aromatic heterocycles. The van der Waals surface area contributed by atoms with Crippen molar-refractivity contribution in [3.05, 3.63) is 83.9 Å². The number of rotatable bonds is 1. The normalized spacial score (nSPS) is 27.9. The van der Waals surface area contributed by atoms with E-state index in [0.717, 1.165) is 42.5 Å². The molecular formula is C29H15N3O2S2. The van der Waals surface area contributed by atoms with Crippen LogP contribution in [0.3, 0.4) is 0 Å². The van der Waals surface area contributed by atoms with Gasteiger partial charge in [0.2, 0.25) is 5.41 Å². The third-order valence-electron chi connectivity index (χ3n) is 8.09. The monoisotopic (exact) mass is 501 g/mol. The molecule has 0 spiro atoms. The van der Waals surface area contributed by atoms with E-state index in [4.69, 9.17) is 4.74 Å². The average Bonchev–Trinajstić information content (AvgIpc) is 3.30. The summed E-state index contributed by atoms with van der Waals surface area (Å²) < 4.78 is 2.83. The maximum Gasteiger partial charge on any atom is 0.331 e. The highest BCUT2D eigenvalue weighted by atomic mass is 32.2. The first-order chi connectivity index (χ1) is 17.5. The van der Waals surface area contributed by atoms with Gasteiger partial charge in [0.25, 0.3) is 0 Å². The summed E-state index contributed by atoms with van der Waals surface area (Å²) in [5, 5.41) is 36.1. The molecule has 1 aliphatic carbocycles. The van der Waals surface area contributed by atoms with E-state index in [1.807, 2.05) is 72.8 Å². The summed E-state index contributed by atoms with van der Waals surface area (Å²) in [4.78, 5) is 15.4. The molecule has 5 nitrogen and oxygen atoms in total. The topological polar surface area (TPSA) is 97.7 Å². The standard InChI is InChI=1S/C29H15N3O2S2/c1-34-25(33)27(16-32)26(14-30,15-31)28-21-10-17-6-2-4-8-19(17)12-23(21)36-29(27,28)22-11-18-7-3-5-9-20(18)13-24(22)35-28/h2-13H,1H3/t27?,28-,29-/m0/s1. The predicted octanol–water partition coefficient (Wildman–Crippen LogP) is 6.03. The first-order valence-corrected chi connectivity index (χ1v) is 12.9. The SMILES string of the molecule is COC(=O)C1(C#N)C(C#N)(C#N)[C@]23Sc4cc5ccccc5cc4[C@]12Sc1cc2ccccc2cc13. The van der Waals surface area contributed by atoms with Gasteiger partial charge in [0, 0.05) is 9.79 Å². The van der Waals surface area contributed by atoms with Gasteiger partial charge >= 0.3 is 5.97 Å². The highest BCUT2D eigenvalue weighted by molar-refractivity contribution is 8.06. The zero-order valence-corrected chi connectivity index (χ0v) is 20.5. The van der Waals surface area contributed by atoms with Crippen LogP contribution in [0, 0.1) is 44.8 Å². The molecule has 4 aromatic rings. The maximum atomic E-state index is 13.6. The minimum absolute atomic E-state index is 0.796. The summed E-state index contributed by atoms with van der Waals surface area (Å²) in [6.07, 6.45) is 0. The Morgan fingerprint density at radius 2 is 1.17 bits per heavy atom. The molecule has 2 aliphatic heterocycles. The molecular weight excluding hydrogens is 486 g/mol. The van der Waals surface area contributed by atoms with Crippen LogP contribution in [0.5, 0.6) is 0 Å². The molecule has 36 heavy (non-hydrogen) atoms. The van der Waals surface area contributed by atoms with Crippen molar-refractivity contribution in [1.82, 2.24) is 0 Å². The summed E-state index contributed by atoms with van der Waals surface area (Å²) in [5.41, 5.74) is -2.40. The quantitative estimate of drug-likeness (QED) is 0.294. The molecule has 1 fully saturated rings. The Labute approximate surface area is 215 Å². The summed E-state index contributed by atoms with van der Waals surface area (Å²) in [5.74, 6) is -0.852. The second-order valence-corrected chi connectivity index (χ2v) is 11.8. The Balaban J connectivity index is 1.68. The number of nitriles is 3. The predicted molar refractivity (Wildman–Crippen MR) is 137 cm³/mol. The number of nitrogens with zero attached hydrogens (tertiary/aromatic N) is 3. The fraction of sp³-hybridized carbons (Fsp3) is 0.172. The number of esters is 1.